The molecule has 9 nitrogen and oxygen atoms in total. The molecule has 1 heterocycles. The van der Waals surface area contributed by atoms with Gasteiger partial charge < -0.3 is 9.84 Å². The molecule has 0 aliphatic carbocycles. The Morgan fingerprint density at radius 3 is 2.61 bits per heavy atom. The standard InChI is InChI=1S/C17H18Cl2N4O5/c1-10(24)20-21-15(25)9-28-16-7-13(4-5-17(26)27)23(22-16)8-11-2-3-12(18)6-14(11)19/h2-3,6-7H,4-5,8-9H2,1H3,(H,20,24)(H,21,25)(H,26,27). The number of ether oxygens (including phenoxy) is 1. The van der Waals surface area contributed by atoms with Crippen LogP contribution in [-0.4, -0.2) is 39.3 Å². The average molecular weight is 429 g/mol. The van der Waals surface area contributed by atoms with Crippen molar-refractivity contribution in [2.24, 2.45) is 0 Å². The first-order valence-electron chi connectivity index (χ1n) is 8.15. The molecule has 0 atom stereocenters. The second kappa shape index (κ2) is 9.95. The number of hydrazine groups is 1. The largest absolute Gasteiger partial charge is 0.481 e. The summed E-state index contributed by atoms with van der Waals surface area (Å²) in [4.78, 5) is 33.3. The molecule has 1 aromatic heterocycles. The van der Waals surface area contributed by atoms with Crippen LogP contribution in [0.3, 0.4) is 0 Å². The van der Waals surface area contributed by atoms with Crippen molar-refractivity contribution in [2.45, 2.75) is 26.3 Å². The summed E-state index contributed by atoms with van der Waals surface area (Å²) in [6, 6.07) is 6.59. The van der Waals surface area contributed by atoms with E-state index in [0.29, 0.717) is 15.7 Å². The maximum atomic E-state index is 11.6. The lowest BCUT2D eigenvalue weighted by Gasteiger charge is -2.08. The van der Waals surface area contributed by atoms with Crippen molar-refractivity contribution in [3.8, 4) is 5.88 Å². The number of carbonyl (C=O) groups is 3. The molecule has 0 radical (unpaired) electrons. The van der Waals surface area contributed by atoms with Crippen LogP contribution in [0.25, 0.3) is 0 Å². The third-order valence-electron chi connectivity index (χ3n) is 3.50. The first kappa shape index (κ1) is 21.5. The molecule has 0 spiro atoms. The van der Waals surface area contributed by atoms with Gasteiger partial charge in [0.05, 0.1) is 13.0 Å². The Morgan fingerprint density at radius 2 is 1.96 bits per heavy atom. The molecule has 1 aromatic carbocycles. The number of benzene rings is 1. The average Bonchev–Trinajstić information content (AvgIpc) is 3.00. The summed E-state index contributed by atoms with van der Waals surface area (Å²) in [5.74, 6) is -1.80. The van der Waals surface area contributed by atoms with E-state index in [2.05, 4.69) is 16.0 Å². The summed E-state index contributed by atoms with van der Waals surface area (Å²) in [5, 5.41) is 14.1. The summed E-state index contributed by atoms with van der Waals surface area (Å²) in [7, 11) is 0. The van der Waals surface area contributed by atoms with Gasteiger partial charge in [0.15, 0.2) is 6.61 Å². The highest BCUT2D eigenvalue weighted by molar-refractivity contribution is 6.35. The van der Waals surface area contributed by atoms with Crippen molar-refractivity contribution < 1.29 is 24.2 Å². The molecule has 0 aliphatic heterocycles. The molecule has 2 amide bonds. The molecule has 0 fully saturated rings. The highest BCUT2D eigenvalue weighted by atomic mass is 35.5. The maximum Gasteiger partial charge on any atom is 0.303 e. The van der Waals surface area contributed by atoms with Crippen molar-refractivity contribution in [1.82, 2.24) is 20.6 Å². The van der Waals surface area contributed by atoms with E-state index in [0.717, 1.165) is 5.56 Å². The second-order valence-corrected chi connectivity index (χ2v) is 6.62. The number of carboxylic acids is 1. The fourth-order valence-corrected chi connectivity index (χ4v) is 2.69. The quantitative estimate of drug-likeness (QED) is 0.550. The van der Waals surface area contributed by atoms with Crippen LogP contribution < -0.4 is 15.6 Å². The molecule has 0 saturated heterocycles. The molecule has 150 valence electrons. The molecule has 0 aliphatic rings. The van der Waals surface area contributed by atoms with Gasteiger partial charge in [-0.2, -0.15) is 0 Å². The molecule has 0 bridgehead atoms. The van der Waals surface area contributed by atoms with Gasteiger partial charge in [0.25, 0.3) is 5.91 Å². The molecule has 11 heteroatoms. The topological polar surface area (TPSA) is 123 Å². The maximum absolute atomic E-state index is 11.6. The van der Waals surface area contributed by atoms with Gasteiger partial charge in [-0.15, -0.1) is 5.10 Å². The highest BCUT2D eigenvalue weighted by Crippen LogP contribution is 2.23. The number of hydrogen-bond acceptors (Lipinski definition) is 5. The predicted octanol–water partition coefficient (Wildman–Crippen LogP) is 1.80. The number of aromatic nitrogens is 2. The van der Waals surface area contributed by atoms with Gasteiger partial charge in [0, 0.05) is 28.7 Å². The van der Waals surface area contributed by atoms with Crippen LogP contribution in [-0.2, 0) is 27.3 Å². The second-order valence-electron chi connectivity index (χ2n) is 5.78. The van der Waals surface area contributed by atoms with E-state index >= 15 is 0 Å². The minimum Gasteiger partial charge on any atom is -0.481 e. The van der Waals surface area contributed by atoms with E-state index < -0.39 is 17.8 Å². The van der Waals surface area contributed by atoms with E-state index in [-0.39, 0.29) is 31.9 Å². The number of amides is 2. The van der Waals surface area contributed by atoms with Gasteiger partial charge in [-0.3, -0.25) is 29.9 Å². The lowest BCUT2D eigenvalue weighted by atomic mass is 10.2. The number of hydrogen-bond donors (Lipinski definition) is 3. The summed E-state index contributed by atoms with van der Waals surface area (Å²) in [6.45, 7) is 1.14. The molecule has 28 heavy (non-hydrogen) atoms. The van der Waals surface area contributed by atoms with Crippen molar-refractivity contribution in [3.05, 3.63) is 45.6 Å². The van der Waals surface area contributed by atoms with E-state index in [1.165, 1.54) is 6.92 Å². The van der Waals surface area contributed by atoms with Crippen LogP contribution in [0.15, 0.2) is 24.3 Å². The van der Waals surface area contributed by atoms with Crippen molar-refractivity contribution in [3.63, 3.8) is 0 Å². The van der Waals surface area contributed by atoms with Crippen molar-refractivity contribution >= 4 is 41.0 Å². The molecular formula is C17H18Cl2N4O5. The minimum absolute atomic E-state index is 0.0947. The number of aryl methyl sites for hydroxylation is 1. The summed E-state index contributed by atoms with van der Waals surface area (Å²) >= 11 is 12.1. The normalized spacial score (nSPS) is 10.4. The van der Waals surface area contributed by atoms with E-state index in [1.807, 2.05) is 0 Å². The highest BCUT2D eigenvalue weighted by Gasteiger charge is 2.14. The summed E-state index contributed by atoms with van der Waals surface area (Å²) in [6.07, 6.45) is 0.123. The zero-order valence-electron chi connectivity index (χ0n) is 14.9. The molecule has 2 aromatic rings. The molecular weight excluding hydrogens is 411 g/mol. The molecule has 0 unspecified atom stereocenters. The number of carboxylic acid groups (broad SMARTS) is 1. The van der Waals surface area contributed by atoms with Gasteiger partial charge in [-0.05, 0) is 24.1 Å². The van der Waals surface area contributed by atoms with Crippen molar-refractivity contribution in [1.29, 1.82) is 0 Å². The Labute approximate surface area is 170 Å². The van der Waals surface area contributed by atoms with Gasteiger partial charge in [0.1, 0.15) is 0 Å². The SMILES string of the molecule is CC(=O)NNC(=O)COc1cc(CCC(=O)O)n(Cc2ccc(Cl)cc2Cl)n1. The van der Waals surface area contributed by atoms with Gasteiger partial charge in [-0.1, -0.05) is 29.3 Å². The Hall–Kier alpha value is -2.78. The van der Waals surface area contributed by atoms with Crippen LogP contribution in [0.1, 0.15) is 24.6 Å². The smallest absolute Gasteiger partial charge is 0.303 e. The number of aliphatic carboxylic acids is 1. The van der Waals surface area contributed by atoms with E-state index in [1.54, 1.807) is 28.9 Å². The first-order chi connectivity index (χ1) is 13.2. The van der Waals surface area contributed by atoms with Crippen LogP contribution >= 0.6 is 23.2 Å². The number of carbonyl (C=O) groups excluding carboxylic acids is 2. The zero-order chi connectivity index (χ0) is 20.7. The Balaban J connectivity index is 2.12. The minimum atomic E-state index is -0.950. The predicted molar refractivity (Wildman–Crippen MR) is 101 cm³/mol. The van der Waals surface area contributed by atoms with E-state index in [4.69, 9.17) is 33.0 Å². The summed E-state index contributed by atoms with van der Waals surface area (Å²) < 4.78 is 6.87. The number of halogens is 2. The zero-order valence-corrected chi connectivity index (χ0v) is 16.4. The van der Waals surface area contributed by atoms with Crippen LogP contribution in [0.5, 0.6) is 5.88 Å². The fourth-order valence-electron chi connectivity index (χ4n) is 2.22. The molecule has 0 saturated carbocycles. The first-order valence-corrected chi connectivity index (χ1v) is 8.91. The summed E-state index contributed by atoms with van der Waals surface area (Å²) in [5.41, 5.74) is 5.64. The number of nitrogens with one attached hydrogen (secondary N) is 2. The molecule has 2 rings (SSSR count). The van der Waals surface area contributed by atoms with E-state index in [9.17, 15) is 14.4 Å². The van der Waals surface area contributed by atoms with Gasteiger partial charge >= 0.3 is 5.97 Å². The van der Waals surface area contributed by atoms with Crippen LogP contribution in [0, 0.1) is 0 Å². The third kappa shape index (κ3) is 6.75. The Bertz CT molecular complexity index is 884. The lowest BCUT2D eigenvalue weighted by molar-refractivity contribution is -0.137. The Kier molecular flexibility index (Phi) is 7.65. The lowest BCUT2D eigenvalue weighted by Crippen LogP contribution is -2.42. The monoisotopic (exact) mass is 428 g/mol. The van der Waals surface area contributed by atoms with Gasteiger partial charge in [-0.25, -0.2) is 0 Å². The number of rotatable bonds is 8. The fraction of sp³-hybridized carbons (Fsp3) is 0.294. The Morgan fingerprint density at radius 1 is 1.21 bits per heavy atom. The van der Waals surface area contributed by atoms with Gasteiger partial charge in [0.2, 0.25) is 11.8 Å². The molecule has 3 N–H and O–H groups in total. The number of nitrogens with zero attached hydrogens (tertiary/aromatic N) is 2. The van der Waals surface area contributed by atoms with Crippen LogP contribution in [0.4, 0.5) is 0 Å². The van der Waals surface area contributed by atoms with Crippen LogP contribution in [0.2, 0.25) is 10.0 Å². The third-order valence-corrected chi connectivity index (χ3v) is 4.09. The van der Waals surface area contributed by atoms with Crippen molar-refractivity contribution in [2.75, 3.05) is 6.61 Å².